The van der Waals surface area contributed by atoms with Crippen molar-refractivity contribution in [3.63, 3.8) is 0 Å². The smallest absolute Gasteiger partial charge is 0.376 e. The Bertz CT molecular complexity index is 577. The van der Waals surface area contributed by atoms with Crippen LogP contribution >= 0.6 is 0 Å². The third-order valence-corrected chi connectivity index (χ3v) is 2.57. The average Bonchev–Trinajstić information content (AvgIpc) is 2.38. The molecule has 0 saturated heterocycles. The number of nitrogens with zero attached hydrogens (tertiary/aromatic N) is 2. The van der Waals surface area contributed by atoms with Crippen LogP contribution in [0.2, 0.25) is 0 Å². The van der Waals surface area contributed by atoms with E-state index in [1.54, 1.807) is 0 Å². The molecule has 0 saturated carbocycles. The summed E-state index contributed by atoms with van der Waals surface area (Å²) in [6, 6.07) is 9.79. The molecule has 0 atom stereocenters. The molecule has 92 valence electrons. The van der Waals surface area contributed by atoms with E-state index in [0.717, 1.165) is 17.0 Å². The molecule has 1 aromatic heterocycles. The molecule has 0 amide bonds. The number of esters is 1. The summed E-state index contributed by atoms with van der Waals surface area (Å²) in [5.74, 6) is -0.430. The van der Waals surface area contributed by atoms with E-state index in [1.165, 1.54) is 12.7 Å². The molecular weight excluding hydrogens is 228 g/mol. The normalized spacial score (nSPS) is 10.2. The second kappa shape index (κ2) is 4.96. The zero-order valence-corrected chi connectivity index (χ0v) is 10.6. The highest BCUT2D eigenvalue weighted by atomic mass is 16.5. The van der Waals surface area contributed by atoms with E-state index in [1.807, 2.05) is 44.2 Å². The number of hydrogen-bond donors (Lipinski definition) is 0. The lowest BCUT2D eigenvalue weighted by molar-refractivity contribution is 0.0586. The summed E-state index contributed by atoms with van der Waals surface area (Å²) < 4.78 is 4.64. The monoisotopic (exact) mass is 242 g/mol. The van der Waals surface area contributed by atoms with Crippen molar-refractivity contribution in [2.75, 3.05) is 7.11 Å². The predicted molar refractivity (Wildman–Crippen MR) is 68.3 cm³/mol. The summed E-state index contributed by atoms with van der Waals surface area (Å²) in [5, 5.41) is 0. The molecule has 0 radical (unpaired) electrons. The number of carbonyl (C=O) groups excluding carboxylic acids is 1. The highest BCUT2D eigenvalue weighted by Crippen LogP contribution is 2.18. The molecule has 1 heterocycles. The minimum atomic E-state index is -0.521. The van der Waals surface area contributed by atoms with Crippen LogP contribution in [0.1, 0.15) is 21.9 Å². The van der Waals surface area contributed by atoms with Gasteiger partial charge >= 0.3 is 5.97 Å². The van der Waals surface area contributed by atoms with Crippen LogP contribution in [-0.2, 0) is 4.74 Å². The number of benzene rings is 1. The van der Waals surface area contributed by atoms with Gasteiger partial charge in [-0.05, 0) is 19.9 Å². The van der Waals surface area contributed by atoms with Crippen molar-refractivity contribution in [1.82, 2.24) is 9.97 Å². The van der Waals surface area contributed by atoms with Crippen LogP contribution in [0.4, 0.5) is 0 Å². The third kappa shape index (κ3) is 2.53. The highest BCUT2D eigenvalue weighted by molar-refractivity contribution is 5.85. The molecule has 18 heavy (non-hydrogen) atoms. The van der Waals surface area contributed by atoms with Crippen LogP contribution in [0.25, 0.3) is 11.3 Å². The third-order valence-electron chi connectivity index (χ3n) is 2.57. The Kier molecular flexibility index (Phi) is 3.37. The van der Waals surface area contributed by atoms with Gasteiger partial charge in [0.15, 0.2) is 0 Å². The predicted octanol–water partition coefficient (Wildman–Crippen LogP) is 2.55. The Balaban J connectivity index is 2.48. The Morgan fingerprint density at radius 1 is 1.11 bits per heavy atom. The van der Waals surface area contributed by atoms with Gasteiger partial charge in [0.1, 0.15) is 0 Å². The van der Waals surface area contributed by atoms with E-state index < -0.39 is 5.97 Å². The van der Waals surface area contributed by atoms with Gasteiger partial charge in [-0.2, -0.15) is 0 Å². The van der Waals surface area contributed by atoms with Gasteiger partial charge in [0.25, 0.3) is 0 Å². The van der Waals surface area contributed by atoms with E-state index in [0.29, 0.717) is 0 Å². The molecule has 4 heteroatoms. The second-order valence-electron chi connectivity index (χ2n) is 4.08. The van der Waals surface area contributed by atoms with Crippen LogP contribution in [0, 0.1) is 13.8 Å². The molecule has 0 bridgehead atoms. The maximum atomic E-state index is 11.5. The topological polar surface area (TPSA) is 52.1 Å². The van der Waals surface area contributed by atoms with E-state index in [2.05, 4.69) is 14.7 Å². The minimum Gasteiger partial charge on any atom is -0.463 e. The van der Waals surface area contributed by atoms with Gasteiger partial charge < -0.3 is 4.74 Å². The standard InChI is InChI=1S/C14H14N2O2/c1-9-4-6-11(7-5-9)12-8-10(2)15-13(16-12)14(17)18-3/h4-8H,1-3H3. The first-order valence-electron chi connectivity index (χ1n) is 5.61. The lowest BCUT2D eigenvalue weighted by Gasteiger charge is -2.05. The lowest BCUT2D eigenvalue weighted by atomic mass is 10.1. The molecule has 2 rings (SSSR count). The summed E-state index contributed by atoms with van der Waals surface area (Å²) >= 11 is 0. The van der Waals surface area contributed by atoms with Crippen molar-refractivity contribution in [3.05, 3.63) is 47.4 Å². The summed E-state index contributed by atoms with van der Waals surface area (Å²) in [6.45, 7) is 3.85. The molecular formula is C14H14N2O2. The summed E-state index contributed by atoms with van der Waals surface area (Å²) in [5.41, 5.74) is 3.60. The maximum Gasteiger partial charge on any atom is 0.376 e. The number of rotatable bonds is 2. The van der Waals surface area contributed by atoms with Crippen molar-refractivity contribution in [1.29, 1.82) is 0 Å². The van der Waals surface area contributed by atoms with E-state index in [4.69, 9.17) is 0 Å². The fourth-order valence-electron chi connectivity index (χ4n) is 1.62. The molecule has 0 spiro atoms. The Morgan fingerprint density at radius 2 is 1.78 bits per heavy atom. The van der Waals surface area contributed by atoms with E-state index in [9.17, 15) is 4.79 Å². The molecule has 0 N–H and O–H groups in total. The number of aryl methyl sites for hydroxylation is 2. The zero-order chi connectivity index (χ0) is 13.1. The van der Waals surface area contributed by atoms with Crippen molar-refractivity contribution in [3.8, 4) is 11.3 Å². The van der Waals surface area contributed by atoms with Crippen molar-refractivity contribution in [2.45, 2.75) is 13.8 Å². The summed E-state index contributed by atoms with van der Waals surface area (Å²) in [4.78, 5) is 19.7. The van der Waals surface area contributed by atoms with Gasteiger partial charge in [-0.1, -0.05) is 29.8 Å². The first-order chi connectivity index (χ1) is 8.60. The fraction of sp³-hybridized carbons (Fsp3) is 0.214. The minimum absolute atomic E-state index is 0.0908. The molecule has 1 aromatic carbocycles. The number of aromatic nitrogens is 2. The van der Waals surface area contributed by atoms with Crippen molar-refractivity contribution in [2.24, 2.45) is 0 Å². The molecule has 0 aliphatic carbocycles. The van der Waals surface area contributed by atoms with Gasteiger partial charge in [-0.3, -0.25) is 0 Å². The SMILES string of the molecule is COC(=O)c1nc(C)cc(-c2ccc(C)cc2)n1. The zero-order valence-electron chi connectivity index (χ0n) is 10.6. The van der Waals surface area contributed by atoms with E-state index in [-0.39, 0.29) is 5.82 Å². The highest BCUT2D eigenvalue weighted by Gasteiger charge is 2.12. The number of ether oxygens (including phenoxy) is 1. The quantitative estimate of drug-likeness (QED) is 0.759. The summed E-state index contributed by atoms with van der Waals surface area (Å²) in [6.07, 6.45) is 0. The molecule has 2 aromatic rings. The van der Waals surface area contributed by atoms with Gasteiger partial charge in [0, 0.05) is 11.3 Å². The van der Waals surface area contributed by atoms with Gasteiger partial charge in [0.05, 0.1) is 12.8 Å². The van der Waals surface area contributed by atoms with Crippen molar-refractivity contribution < 1.29 is 9.53 Å². The van der Waals surface area contributed by atoms with Crippen LogP contribution < -0.4 is 0 Å². The molecule has 0 unspecified atom stereocenters. The molecule has 4 nitrogen and oxygen atoms in total. The van der Waals surface area contributed by atoms with Gasteiger partial charge in [0.2, 0.25) is 5.82 Å². The van der Waals surface area contributed by atoms with Crippen LogP contribution in [0.5, 0.6) is 0 Å². The second-order valence-corrected chi connectivity index (χ2v) is 4.08. The lowest BCUT2D eigenvalue weighted by Crippen LogP contribution is -2.09. The Labute approximate surface area is 106 Å². The Morgan fingerprint density at radius 3 is 2.39 bits per heavy atom. The first-order valence-corrected chi connectivity index (χ1v) is 5.61. The van der Waals surface area contributed by atoms with Crippen LogP contribution in [-0.4, -0.2) is 23.0 Å². The van der Waals surface area contributed by atoms with E-state index >= 15 is 0 Å². The largest absolute Gasteiger partial charge is 0.463 e. The summed E-state index contributed by atoms with van der Waals surface area (Å²) in [7, 11) is 1.32. The first kappa shape index (κ1) is 12.2. The number of hydrogen-bond acceptors (Lipinski definition) is 4. The molecule has 0 aliphatic rings. The van der Waals surface area contributed by atoms with Crippen LogP contribution in [0.15, 0.2) is 30.3 Å². The number of carbonyl (C=O) groups is 1. The Hall–Kier alpha value is -2.23. The fourth-order valence-corrected chi connectivity index (χ4v) is 1.62. The molecule has 0 aliphatic heterocycles. The van der Waals surface area contributed by atoms with Gasteiger partial charge in [-0.15, -0.1) is 0 Å². The van der Waals surface area contributed by atoms with Crippen molar-refractivity contribution >= 4 is 5.97 Å². The average molecular weight is 242 g/mol. The van der Waals surface area contributed by atoms with Gasteiger partial charge in [-0.25, -0.2) is 14.8 Å². The van der Waals surface area contributed by atoms with Crippen LogP contribution in [0.3, 0.4) is 0 Å². The molecule has 0 fully saturated rings. The number of methoxy groups -OCH3 is 1. The maximum absolute atomic E-state index is 11.5.